The highest BCUT2D eigenvalue weighted by molar-refractivity contribution is 7.98. The molecule has 0 heterocycles. The van der Waals surface area contributed by atoms with Gasteiger partial charge in [0.05, 0.1) is 5.02 Å². The summed E-state index contributed by atoms with van der Waals surface area (Å²) in [5.74, 6) is 0.373. The molecule has 20 heavy (non-hydrogen) atoms. The van der Waals surface area contributed by atoms with Gasteiger partial charge >= 0.3 is 0 Å². The normalized spacial score (nSPS) is 12.4. The molecule has 1 unspecified atom stereocenters. The average Bonchev–Trinajstić information content (AvgIpc) is 2.48. The molecular formula is C16H17ClFNS. The van der Waals surface area contributed by atoms with Crippen molar-refractivity contribution < 1.29 is 4.39 Å². The Bertz CT molecular complexity index is 571. The molecule has 0 spiro atoms. The lowest BCUT2D eigenvalue weighted by Crippen LogP contribution is -2.11. The van der Waals surface area contributed by atoms with Gasteiger partial charge in [0.2, 0.25) is 0 Å². The van der Waals surface area contributed by atoms with Gasteiger partial charge in [-0.3, -0.25) is 0 Å². The van der Waals surface area contributed by atoms with Crippen LogP contribution in [0, 0.1) is 5.82 Å². The summed E-state index contributed by atoms with van der Waals surface area (Å²) >= 11 is 7.36. The van der Waals surface area contributed by atoms with E-state index in [2.05, 4.69) is 36.5 Å². The zero-order valence-electron chi connectivity index (χ0n) is 11.5. The first kappa shape index (κ1) is 15.4. The van der Waals surface area contributed by atoms with Gasteiger partial charge in [0.1, 0.15) is 5.82 Å². The molecule has 0 aliphatic carbocycles. The SMILES string of the molecule is CNC(C)c1ccc(SCc2ccc(Cl)c(F)c2)cc1. The number of hydrogen-bond acceptors (Lipinski definition) is 2. The lowest BCUT2D eigenvalue weighted by atomic mass is 10.1. The smallest absolute Gasteiger partial charge is 0.142 e. The maximum absolute atomic E-state index is 13.3. The van der Waals surface area contributed by atoms with Gasteiger partial charge in [-0.15, -0.1) is 11.8 Å². The van der Waals surface area contributed by atoms with Crippen LogP contribution in [0.15, 0.2) is 47.4 Å². The van der Waals surface area contributed by atoms with E-state index in [9.17, 15) is 4.39 Å². The van der Waals surface area contributed by atoms with Gasteiger partial charge in [0.25, 0.3) is 0 Å². The molecule has 0 aliphatic heterocycles. The zero-order valence-corrected chi connectivity index (χ0v) is 13.1. The van der Waals surface area contributed by atoms with Crippen molar-refractivity contribution in [1.82, 2.24) is 5.32 Å². The molecule has 0 saturated heterocycles. The quantitative estimate of drug-likeness (QED) is 0.775. The summed E-state index contributed by atoms with van der Waals surface area (Å²) in [7, 11) is 1.95. The third-order valence-electron chi connectivity index (χ3n) is 3.20. The van der Waals surface area contributed by atoms with Crippen LogP contribution in [-0.4, -0.2) is 7.05 Å². The largest absolute Gasteiger partial charge is 0.313 e. The number of thioether (sulfide) groups is 1. The molecule has 0 radical (unpaired) electrons. The summed E-state index contributed by atoms with van der Waals surface area (Å²) in [5.41, 5.74) is 2.19. The molecule has 0 fully saturated rings. The predicted octanol–water partition coefficient (Wildman–Crippen LogP) is 5.05. The van der Waals surface area contributed by atoms with Crippen molar-refractivity contribution in [1.29, 1.82) is 0 Å². The number of rotatable bonds is 5. The fraction of sp³-hybridized carbons (Fsp3) is 0.250. The summed E-state index contributed by atoms with van der Waals surface area (Å²) in [4.78, 5) is 1.17. The zero-order chi connectivity index (χ0) is 14.5. The van der Waals surface area contributed by atoms with Crippen LogP contribution in [0.3, 0.4) is 0 Å². The molecule has 0 aliphatic rings. The third kappa shape index (κ3) is 3.98. The van der Waals surface area contributed by atoms with Crippen molar-refractivity contribution >= 4 is 23.4 Å². The molecule has 2 aromatic carbocycles. The molecular weight excluding hydrogens is 293 g/mol. The van der Waals surface area contributed by atoms with Gasteiger partial charge in [-0.1, -0.05) is 29.8 Å². The van der Waals surface area contributed by atoms with E-state index in [0.717, 1.165) is 11.3 Å². The second-order valence-corrected chi connectivity index (χ2v) is 6.07. The summed E-state index contributed by atoms with van der Waals surface area (Å²) in [5, 5.41) is 3.38. The summed E-state index contributed by atoms with van der Waals surface area (Å²) in [6, 6.07) is 13.7. The van der Waals surface area contributed by atoms with Crippen LogP contribution >= 0.6 is 23.4 Å². The third-order valence-corrected chi connectivity index (χ3v) is 4.59. The first-order valence-corrected chi connectivity index (χ1v) is 7.80. The molecule has 4 heteroatoms. The minimum absolute atomic E-state index is 0.171. The van der Waals surface area contributed by atoms with E-state index in [1.807, 2.05) is 13.1 Å². The molecule has 1 atom stereocenters. The standard InChI is InChI=1S/C16H17ClFNS/c1-11(19-2)13-4-6-14(7-5-13)20-10-12-3-8-15(17)16(18)9-12/h3-9,11,19H,10H2,1-2H3. The van der Waals surface area contributed by atoms with E-state index >= 15 is 0 Å². The van der Waals surface area contributed by atoms with E-state index in [1.54, 1.807) is 17.8 Å². The Kier molecular flexibility index (Phi) is 5.46. The van der Waals surface area contributed by atoms with E-state index in [0.29, 0.717) is 6.04 Å². The van der Waals surface area contributed by atoms with E-state index in [-0.39, 0.29) is 10.8 Å². The number of halogens is 2. The first-order chi connectivity index (χ1) is 9.60. The Balaban J connectivity index is 1.98. The predicted molar refractivity (Wildman–Crippen MR) is 84.9 cm³/mol. The molecule has 0 bridgehead atoms. The topological polar surface area (TPSA) is 12.0 Å². The molecule has 2 aromatic rings. The monoisotopic (exact) mass is 309 g/mol. The van der Waals surface area contributed by atoms with Crippen LogP contribution in [0.5, 0.6) is 0 Å². The van der Waals surface area contributed by atoms with Gasteiger partial charge < -0.3 is 5.32 Å². The molecule has 106 valence electrons. The van der Waals surface area contributed by atoms with Gasteiger partial charge in [0, 0.05) is 16.7 Å². The van der Waals surface area contributed by atoms with Crippen LogP contribution in [-0.2, 0) is 5.75 Å². The number of nitrogens with one attached hydrogen (secondary N) is 1. The second-order valence-electron chi connectivity index (χ2n) is 4.62. The Morgan fingerprint density at radius 2 is 1.90 bits per heavy atom. The Morgan fingerprint density at radius 1 is 1.20 bits per heavy atom. The second kappa shape index (κ2) is 7.11. The van der Waals surface area contributed by atoms with Gasteiger partial charge in [-0.05, 0) is 49.4 Å². The number of hydrogen-bond donors (Lipinski definition) is 1. The minimum atomic E-state index is -0.358. The maximum atomic E-state index is 13.3. The summed E-state index contributed by atoms with van der Waals surface area (Å²) in [6.45, 7) is 2.12. The highest BCUT2D eigenvalue weighted by atomic mass is 35.5. The average molecular weight is 310 g/mol. The Hall–Kier alpha value is -1.03. The molecule has 2 rings (SSSR count). The van der Waals surface area contributed by atoms with E-state index < -0.39 is 0 Å². The summed E-state index contributed by atoms with van der Waals surface area (Å²) in [6.07, 6.45) is 0. The van der Waals surface area contributed by atoms with Crippen LogP contribution in [0.2, 0.25) is 5.02 Å². The van der Waals surface area contributed by atoms with Crippen molar-refractivity contribution in [3.63, 3.8) is 0 Å². The van der Waals surface area contributed by atoms with Crippen LogP contribution in [0.25, 0.3) is 0 Å². The van der Waals surface area contributed by atoms with Crippen molar-refractivity contribution in [2.24, 2.45) is 0 Å². The van der Waals surface area contributed by atoms with Crippen LogP contribution < -0.4 is 5.32 Å². The van der Waals surface area contributed by atoms with Crippen LogP contribution in [0.1, 0.15) is 24.1 Å². The van der Waals surface area contributed by atoms with Gasteiger partial charge in [0.15, 0.2) is 0 Å². The molecule has 0 amide bonds. The van der Waals surface area contributed by atoms with Crippen molar-refractivity contribution in [2.45, 2.75) is 23.6 Å². The highest BCUT2D eigenvalue weighted by Gasteiger charge is 2.04. The lowest BCUT2D eigenvalue weighted by Gasteiger charge is -2.11. The van der Waals surface area contributed by atoms with Crippen molar-refractivity contribution in [2.75, 3.05) is 7.05 Å². The van der Waals surface area contributed by atoms with Gasteiger partial charge in [-0.25, -0.2) is 4.39 Å². The lowest BCUT2D eigenvalue weighted by molar-refractivity contribution is 0.627. The van der Waals surface area contributed by atoms with Gasteiger partial charge in [-0.2, -0.15) is 0 Å². The summed E-state index contributed by atoms with van der Waals surface area (Å²) < 4.78 is 13.3. The molecule has 1 N–H and O–H groups in total. The molecule has 0 aromatic heterocycles. The Labute approximate surface area is 128 Å². The van der Waals surface area contributed by atoms with Crippen molar-refractivity contribution in [3.8, 4) is 0 Å². The van der Waals surface area contributed by atoms with E-state index in [1.165, 1.54) is 16.5 Å². The molecule has 0 saturated carbocycles. The van der Waals surface area contributed by atoms with Crippen molar-refractivity contribution in [3.05, 3.63) is 64.4 Å². The maximum Gasteiger partial charge on any atom is 0.142 e. The van der Waals surface area contributed by atoms with E-state index in [4.69, 9.17) is 11.6 Å². The minimum Gasteiger partial charge on any atom is -0.313 e. The Morgan fingerprint density at radius 3 is 2.50 bits per heavy atom. The fourth-order valence-corrected chi connectivity index (χ4v) is 2.77. The number of benzene rings is 2. The first-order valence-electron chi connectivity index (χ1n) is 6.44. The van der Waals surface area contributed by atoms with Crippen LogP contribution in [0.4, 0.5) is 4.39 Å². The highest BCUT2D eigenvalue weighted by Crippen LogP contribution is 2.26. The molecule has 1 nitrogen and oxygen atoms in total. The fourth-order valence-electron chi connectivity index (χ4n) is 1.82.